The number of imidazole rings is 1. The molecule has 0 aliphatic heterocycles. The highest BCUT2D eigenvalue weighted by Crippen LogP contribution is 2.14. The van der Waals surface area contributed by atoms with Gasteiger partial charge in [0, 0.05) is 12.7 Å². The van der Waals surface area contributed by atoms with Crippen LogP contribution in [0.15, 0.2) is 24.3 Å². The Hall–Kier alpha value is -0.480. The van der Waals surface area contributed by atoms with Gasteiger partial charge in [-0.2, -0.15) is 3.97 Å². The van der Waals surface area contributed by atoms with Gasteiger partial charge in [0.25, 0.3) is 5.82 Å². The highest BCUT2D eigenvalue weighted by molar-refractivity contribution is 7.92. The van der Waals surface area contributed by atoms with Crippen LogP contribution in [0.2, 0.25) is 0 Å². The third-order valence-electron chi connectivity index (χ3n) is 3.96. The minimum absolute atomic E-state index is 0. The van der Waals surface area contributed by atoms with Crippen LogP contribution < -0.4 is 21.0 Å². The molecule has 1 aromatic heterocycles. The van der Waals surface area contributed by atoms with Crippen molar-refractivity contribution in [1.82, 2.24) is 4.98 Å². The van der Waals surface area contributed by atoms with Crippen LogP contribution in [0.5, 0.6) is 0 Å². The fourth-order valence-corrected chi connectivity index (χ4v) is 3.79. The first-order valence-corrected chi connectivity index (χ1v) is 9.40. The Morgan fingerprint density at radius 3 is 2.32 bits per heavy atom. The van der Waals surface area contributed by atoms with Gasteiger partial charge in [-0.15, -0.1) is 0 Å². The van der Waals surface area contributed by atoms with E-state index in [4.69, 9.17) is 0 Å². The van der Waals surface area contributed by atoms with E-state index >= 15 is 0 Å². The van der Waals surface area contributed by atoms with Crippen molar-refractivity contribution >= 4 is 23.0 Å². The largest absolute Gasteiger partial charge is 1.00 e. The lowest BCUT2D eigenvalue weighted by Gasteiger charge is -2.01. The summed E-state index contributed by atoms with van der Waals surface area (Å²) < 4.78 is 2.34. The van der Waals surface area contributed by atoms with Crippen LogP contribution in [0.4, 0.5) is 0 Å². The third-order valence-corrected chi connectivity index (χ3v) is 5.16. The summed E-state index contributed by atoms with van der Waals surface area (Å²) in [7, 11) is 0. The molecule has 1 heterocycles. The Labute approximate surface area is 150 Å². The lowest BCUT2D eigenvalue weighted by atomic mass is 10.1. The van der Waals surface area contributed by atoms with Gasteiger partial charge in [-0.05, 0) is 18.6 Å². The van der Waals surface area contributed by atoms with Gasteiger partial charge in [-0.3, -0.25) is 0 Å². The molecule has 0 radical (unpaired) electrons. The number of halogens is 1. The standard InChI is InChI=1S/C18H28N2S.BrH/c1-3-4-5-6-7-8-9-12-15-21-20-16(2)19-17-13-10-11-14-18(17)20;/h10-11,13-14H,3-9,12,15H2,1-2H3;1H. The monoisotopic (exact) mass is 384 g/mol. The van der Waals surface area contributed by atoms with E-state index < -0.39 is 0 Å². The molecule has 0 aliphatic carbocycles. The maximum absolute atomic E-state index is 3.45. The van der Waals surface area contributed by atoms with E-state index in [0.29, 0.717) is 0 Å². The number of unbranched alkanes of at least 4 members (excludes halogenated alkanes) is 7. The summed E-state index contributed by atoms with van der Waals surface area (Å²) >= 11 is 1.94. The van der Waals surface area contributed by atoms with Gasteiger partial charge in [-0.25, -0.2) is 4.98 Å². The molecule has 124 valence electrons. The Morgan fingerprint density at radius 1 is 0.955 bits per heavy atom. The minimum atomic E-state index is 0. The van der Waals surface area contributed by atoms with Gasteiger partial charge >= 0.3 is 0 Å². The van der Waals surface area contributed by atoms with Crippen LogP contribution in [0.25, 0.3) is 11.0 Å². The summed E-state index contributed by atoms with van der Waals surface area (Å²) in [5.74, 6) is 2.45. The van der Waals surface area contributed by atoms with Crippen molar-refractivity contribution in [3.8, 4) is 0 Å². The number of aromatic amines is 1. The fraction of sp³-hybridized carbons (Fsp3) is 0.611. The van der Waals surface area contributed by atoms with E-state index in [1.807, 2.05) is 11.9 Å². The van der Waals surface area contributed by atoms with Crippen molar-refractivity contribution < 1.29 is 21.0 Å². The zero-order chi connectivity index (χ0) is 14.9. The van der Waals surface area contributed by atoms with E-state index in [2.05, 4.69) is 47.1 Å². The first-order chi connectivity index (χ1) is 10.3. The Kier molecular flexibility index (Phi) is 9.89. The highest BCUT2D eigenvalue weighted by atomic mass is 79.9. The number of nitrogens with one attached hydrogen (secondary N) is 1. The molecule has 0 amide bonds. The second kappa shape index (κ2) is 11.1. The van der Waals surface area contributed by atoms with Crippen LogP contribution >= 0.6 is 11.9 Å². The zero-order valence-electron chi connectivity index (χ0n) is 13.9. The number of H-pyrrole nitrogens is 1. The molecule has 2 nitrogen and oxygen atoms in total. The molecule has 0 aliphatic rings. The number of hydrogen-bond acceptors (Lipinski definition) is 1. The van der Waals surface area contributed by atoms with Gasteiger partial charge < -0.3 is 17.0 Å². The molecule has 1 N–H and O–H groups in total. The SMILES string of the molecule is CCCCCCCCCCS[n+]1c(C)[nH]c2ccccc21.[Br-]. The van der Waals surface area contributed by atoms with Crippen molar-refractivity contribution in [3.63, 3.8) is 0 Å². The van der Waals surface area contributed by atoms with Crippen LogP contribution in [0.1, 0.15) is 64.1 Å². The molecule has 2 aromatic rings. The minimum Gasteiger partial charge on any atom is -1.00 e. The first kappa shape index (κ1) is 19.6. The molecule has 4 heteroatoms. The molecule has 0 bridgehead atoms. The van der Waals surface area contributed by atoms with E-state index in [-0.39, 0.29) is 17.0 Å². The summed E-state index contributed by atoms with van der Waals surface area (Å²) in [6.07, 6.45) is 11.1. The number of aryl methyl sites for hydroxylation is 1. The summed E-state index contributed by atoms with van der Waals surface area (Å²) in [5.41, 5.74) is 2.54. The molecule has 2 rings (SSSR count). The molecule has 0 atom stereocenters. The molecule has 0 fully saturated rings. The maximum atomic E-state index is 3.45. The lowest BCUT2D eigenvalue weighted by Crippen LogP contribution is -3.00. The third kappa shape index (κ3) is 5.96. The van der Waals surface area contributed by atoms with E-state index in [1.54, 1.807) is 0 Å². The normalized spacial score (nSPS) is 10.8. The van der Waals surface area contributed by atoms with Crippen molar-refractivity contribution in [2.24, 2.45) is 0 Å². The average Bonchev–Trinajstić information content (AvgIpc) is 2.81. The predicted octanol–water partition coefficient (Wildman–Crippen LogP) is 2.40. The Bertz CT molecular complexity index is 539. The average molecular weight is 385 g/mol. The maximum Gasteiger partial charge on any atom is 0.263 e. The predicted molar refractivity (Wildman–Crippen MR) is 93.7 cm³/mol. The lowest BCUT2D eigenvalue weighted by molar-refractivity contribution is -0.471. The number of aromatic nitrogens is 2. The Morgan fingerprint density at radius 2 is 1.59 bits per heavy atom. The fourth-order valence-electron chi connectivity index (χ4n) is 2.74. The van der Waals surface area contributed by atoms with Gasteiger partial charge in [0.1, 0.15) is 0 Å². The molecular weight excluding hydrogens is 356 g/mol. The van der Waals surface area contributed by atoms with Gasteiger partial charge in [-0.1, -0.05) is 64.0 Å². The second-order valence-corrected chi connectivity index (χ2v) is 6.86. The van der Waals surface area contributed by atoms with E-state index in [1.165, 1.54) is 74.0 Å². The van der Waals surface area contributed by atoms with E-state index in [9.17, 15) is 0 Å². The van der Waals surface area contributed by atoms with E-state index in [0.717, 1.165) is 0 Å². The van der Waals surface area contributed by atoms with Crippen LogP contribution in [0, 0.1) is 6.92 Å². The number of fused-ring (bicyclic) bond motifs is 1. The number of nitrogens with zero attached hydrogens (tertiary/aromatic N) is 1. The molecular formula is C18H29BrN2S. The van der Waals surface area contributed by atoms with Gasteiger partial charge in [0.2, 0.25) is 0 Å². The molecule has 0 spiro atoms. The number of hydrogen-bond donors (Lipinski definition) is 1. The number of para-hydroxylation sites is 2. The summed E-state index contributed by atoms with van der Waals surface area (Å²) in [6, 6.07) is 8.55. The van der Waals surface area contributed by atoms with Crippen molar-refractivity contribution in [2.45, 2.75) is 65.2 Å². The summed E-state index contributed by atoms with van der Waals surface area (Å²) in [4.78, 5) is 3.45. The molecule has 0 saturated carbocycles. The Balaban J connectivity index is 0.00000242. The molecule has 1 aromatic carbocycles. The van der Waals surface area contributed by atoms with Crippen molar-refractivity contribution in [2.75, 3.05) is 5.75 Å². The zero-order valence-corrected chi connectivity index (χ0v) is 16.3. The molecule has 0 saturated heterocycles. The van der Waals surface area contributed by atoms with Crippen LogP contribution in [-0.4, -0.2) is 10.7 Å². The van der Waals surface area contributed by atoms with Crippen molar-refractivity contribution in [3.05, 3.63) is 30.1 Å². The molecule has 0 unspecified atom stereocenters. The smallest absolute Gasteiger partial charge is 0.263 e. The first-order valence-electron chi connectivity index (χ1n) is 8.45. The van der Waals surface area contributed by atoms with Crippen LogP contribution in [-0.2, 0) is 0 Å². The summed E-state index contributed by atoms with van der Waals surface area (Å²) in [5, 5.41) is 0. The number of benzene rings is 1. The topological polar surface area (TPSA) is 19.7 Å². The second-order valence-electron chi connectivity index (χ2n) is 5.83. The van der Waals surface area contributed by atoms with Gasteiger partial charge in [0.05, 0.1) is 11.9 Å². The van der Waals surface area contributed by atoms with Crippen LogP contribution in [0.3, 0.4) is 0 Å². The van der Waals surface area contributed by atoms with Crippen molar-refractivity contribution in [1.29, 1.82) is 0 Å². The molecule has 22 heavy (non-hydrogen) atoms. The summed E-state index contributed by atoms with van der Waals surface area (Å²) in [6.45, 7) is 4.43. The van der Waals surface area contributed by atoms with Gasteiger partial charge in [0.15, 0.2) is 11.0 Å². The highest BCUT2D eigenvalue weighted by Gasteiger charge is 2.14. The number of rotatable bonds is 10. The quantitative estimate of drug-likeness (QED) is 0.492.